The van der Waals surface area contributed by atoms with E-state index in [1.165, 1.54) is 0 Å². The smallest absolute Gasteiger partial charge is 0.165 e. The molecule has 2 aromatic carbocycles. The second kappa shape index (κ2) is 5.22. The van der Waals surface area contributed by atoms with Crippen molar-refractivity contribution >= 4 is 0 Å². The Kier molecular flexibility index (Phi) is 3.65. The van der Waals surface area contributed by atoms with Crippen LogP contribution in [0.2, 0.25) is 0 Å². The van der Waals surface area contributed by atoms with Crippen LogP contribution in [0.3, 0.4) is 0 Å². The van der Waals surface area contributed by atoms with Gasteiger partial charge in [0.25, 0.3) is 0 Å². The zero-order valence-electron chi connectivity index (χ0n) is 11.7. The Balaban J connectivity index is 2.71. The van der Waals surface area contributed by atoms with Crippen molar-refractivity contribution in [3.05, 3.63) is 41.5 Å². The van der Waals surface area contributed by atoms with Crippen LogP contribution in [0, 0.1) is 13.8 Å². The minimum atomic E-state index is 0.136. The minimum absolute atomic E-state index is 0.136. The average Bonchev–Trinajstić information content (AvgIpc) is 2.41. The number of aryl methyl sites for hydroxylation is 2. The Morgan fingerprint density at radius 1 is 0.789 bits per heavy atom. The molecule has 0 aliphatic rings. The Labute approximate surface area is 113 Å². The van der Waals surface area contributed by atoms with Gasteiger partial charge >= 0.3 is 0 Å². The standard InChI is InChI=1S/C16H18O3/c1-10-5-6-14(18-3)12(7-10)13-8-11(2)9-15(19-4)16(13)17/h5-9,17H,1-4H3. The Hall–Kier alpha value is -2.16. The van der Waals surface area contributed by atoms with E-state index in [0.29, 0.717) is 5.75 Å². The molecule has 100 valence electrons. The van der Waals surface area contributed by atoms with Gasteiger partial charge in [-0.3, -0.25) is 0 Å². The van der Waals surface area contributed by atoms with Gasteiger partial charge in [0, 0.05) is 11.1 Å². The van der Waals surface area contributed by atoms with Gasteiger partial charge in [-0.25, -0.2) is 0 Å². The summed E-state index contributed by atoms with van der Waals surface area (Å²) in [7, 11) is 3.17. The zero-order chi connectivity index (χ0) is 14.0. The van der Waals surface area contributed by atoms with E-state index in [1.807, 2.05) is 38.1 Å². The molecule has 0 radical (unpaired) electrons. The molecule has 1 N–H and O–H groups in total. The van der Waals surface area contributed by atoms with E-state index < -0.39 is 0 Å². The molecule has 3 heteroatoms. The number of benzene rings is 2. The first-order valence-electron chi connectivity index (χ1n) is 6.09. The van der Waals surface area contributed by atoms with Gasteiger partial charge in [0.05, 0.1) is 14.2 Å². The van der Waals surface area contributed by atoms with E-state index >= 15 is 0 Å². The number of phenols is 1. The van der Waals surface area contributed by atoms with Gasteiger partial charge in [-0.2, -0.15) is 0 Å². The molecule has 0 amide bonds. The normalized spacial score (nSPS) is 10.3. The third-order valence-electron chi connectivity index (χ3n) is 3.08. The lowest BCUT2D eigenvalue weighted by molar-refractivity contribution is 0.373. The van der Waals surface area contributed by atoms with Crippen molar-refractivity contribution in [2.45, 2.75) is 13.8 Å². The van der Waals surface area contributed by atoms with Gasteiger partial charge in [-0.15, -0.1) is 0 Å². The fraction of sp³-hybridized carbons (Fsp3) is 0.250. The van der Waals surface area contributed by atoms with Crippen LogP contribution < -0.4 is 9.47 Å². The molecule has 0 unspecified atom stereocenters. The molecule has 0 atom stereocenters. The summed E-state index contributed by atoms with van der Waals surface area (Å²) < 4.78 is 10.6. The van der Waals surface area contributed by atoms with E-state index in [0.717, 1.165) is 28.0 Å². The summed E-state index contributed by atoms with van der Waals surface area (Å²) in [6.45, 7) is 3.97. The van der Waals surface area contributed by atoms with Gasteiger partial charge in [0.2, 0.25) is 0 Å². The SMILES string of the molecule is COc1ccc(C)cc1-c1cc(C)cc(OC)c1O. The molecule has 0 saturated heterocycles. The van der Waals surface area contributed by atoms with Crippen LogP contribution in [-0.2, 0) is 0 Å². The van der Waals surface area contributed by atoms with Crippen molar-refractivity contribution in [1.29, 1.82) is 0 Å². The molecular weight excluding hydrogens is 240 g/mol. The van der Waals surface area contributed by atoms with E-state index in [9.17, 15) is 5.11 Å². The fourth-order valence-corrected chi connectivity index (χ4v) is 2.14. The quantitative estimate of drug-likeness (QED) is 0.912. The van der Waals surface area contributed by atoms with Crippen LogP contribution in [0.25, 0.3) is 11.1 Å². The molecule has 0 aliphatic carbocycles. The Morgan fingerprint density at radius 2 is 1.42 bits per heavy atom. The molecule has 19 heavy (non-hydrogen) atoms. The summed E-state index contributed by atoms with van der Waals surface area (Å²) in [5.74, 6) is 1.34. The van der Waals surface area contributed by atoms with E-state index in [-0.39, 0.29) is 5.75 Å². The van der Waals surface area contributed by atoms with Crippen molar-refractivity contribution in [2.24, 2.45) is 0 Å². The van der Waals surface area contributed by atoms with Crippen molar-refractivity contribution in [3.8, 4) is 28.4 Å². The van der Waals surface area contributed by atoms with Crippen LogP contribution in [0.4, 0.5) is 0 Å². The average molecular weight is 258 g/mol. The first-order chi connectivity index (χ1) is 9.06. The van der Waals surface area contributed by atoms with E-state index in [1.54, 1.807) is 20.3 Å². The highest BCUT2D eigenvalue weighted by atomic mass is 16.5. The van der Waals surface area contributed by atoms with E-state index in [2.05, 4.69) is 0 Å². The van der Waals surface area contributed by atoms with Crippen molar-refractivity contribution in [2.75, 3.05) is 14.2 Å². The Morgan fingerprint density at radius 3 is 2.05 bits per heavy atom. The van der Waals surface area contributed by atoms with Gasteiger partial charge in [0.1, 0.15) is 5.75 Å². The number of hydrogen-bond donors (Lipinski definition) is 1. The largest absolute Gasteiger partial charge is 0.504 e. The molecule has 2 rings (SSSR count). The summed E-state index contributed by atoms with van der Waals surface area (Å²) >= 11 is 0. The predicted octanol–water partition coefficient (Wildman–Crippen LogP) is 3.69. The molecule has 3 nitrogen and oxygen atoms in total. The molecule has 0 aliphatic heterocycles. The molecule has 2 aromatic rings. The monoisotopic (exact) mass is 258 g/mol. The van der Waals surface area contributed by atoms with Gasteiger partial charge in [0.15, 0.2) is 11.5 Å². The number of hydrogen-bond acceptors (Lipinski definition) is 3. The molecule has 0 spiro atoms. The molecule has 0 bridgehead atoms. The van der Waals surface area contributed by atoms with Crippen molar-refractivity contribution < 1.29 is 14.6 Å². The van der Waals surface area contributed by atoms with Crippen LogP contribution in [-0.4, -0.2) is 19.3 Å². The second-order valence-electron chi connectivity index (χ2n) is 4.57. The number of aromatic hydroxyl groups is 1. The van der Waals surface area contributed by atoms with Gasteiger partial charge in [-0.1, -0.05) is 11.6 Å². The third kappa shape index (κ3) is 2.50. The highest BCUT2D eigenvalue weighted by Crippen LogP contribution is 2.42. The van der Waals surface area contributed by atoms with Crippen LogP contribution >= 0.6 is 0 Å². The summed E-state index contributed by atoms with van der Waals surface area (Å²) in [5, 5.41) is 10.3. The first kappa shape index (κ1) is 13.3. The lowest BCUT2D eigenvalue weighted by Gasteiger charge is -2.14. The third-order valence-corrected chi connectivity index (χ3v) is 3.08. The topological polar surface area (TPSA) is 38.7 Å². The number of rotatable bonds is 3. The number of ether oxygens (including phenoxy) is 2. The van der Waals surface area contributed by atoms with Gasteiger partial charge < -0.3 is 14.6 Å². The summed E-state index contributed by atoms with van der Waals surface area (Å²) in [6.07, 6.45) is 0. The predicted molar refractivity (Wildman–Crippen MR) is 76.1 cm³/mol. The lowest BCUT2D eigenvalue weighted by Crippen LogP contribution is -1.92. The maximum absolute atomic E-state index is 10.3. The highest BCUT2D eigenvalue weighted by Gasteiger charge is 2.15. The second-order valence-corrected chi connectivity index (χ2v) is 4.57. The maximum Gasteiger partial charge on any atom is 0.165 e. The highest BCUT2D eigenvalue weighted by molar-refractivity contribution is 5.79. The summed E-state index contributed by atoms with van der Waals surface area (Å²) in [4.78, 5) is 0. The summed E-state index contributed by atoms with van der Waals surface area (Å²) in [5.41, 5.74) is 3.71. The zero-order valence-corrected chi connectivity index (χ0v) is 11.7. The number of methoxy groups -OCH3 is 2. The summed E-state index contributed by atoms with van der Waals surface area (Å²) in [6, 6.07) is 9.61. The number of phenolic OH excluding ortho intramolecular Hbond substituents is 1. The fourth-order valence-electron chi connectivity index (χ4n) is 2.14. The molecule has 0 heterocycles. The molecule has 0 aromatic heterocycles. The maximum atomic E-state index is 10.3. The van der Waals surface area contributed by atoms with Crippen molar-refractivity contribution in [1.82, 2.24) is 0 Å². The van der Waals surface area contributed by atoms with Crippen molar-refractivity contribution in [3.63, 3.8) is 0 Å². The molecule has 0 fully saturated rings. The van der Waals surface area contributed by atoms with Crippen LogP contribution in [0.5, 0.6) is 17.2 Å². The van der Waals surface area contributed by atoms with E-state index in [4.69, 9.17) is 9.47 Å². The lowest BCUT2D eigenvalue weighted by atomic mass is 9.99. The first-order valence-corrected chi connectivity index (χ1v) is 6.09. The molecular formula is C16H18O3. The van der Waals surface area contributed by atoms with Gasteiger partial charge in [-0.05, 0) is 43.7 Å². The van der Waals surface area contributed by atoms with Crippen LogP contribution in [0.15, 0.2) is 30.3 Å². The Bertz CT molecular complexity index is 603. The van der Waals surface area contributed by atoms with Crippen LogP contribution in [0.1, 0.15) is 11.1 Å². The minimum Gasteiger partial charge on any atom is -0.504 e. The molecule has 0 saturated carbocycles.